The molecule has 1 aromatic carbocycles. The van der Waals surface area contributed by atoms with Gasteiger partial charge in [-0.3, -0.25) is 0 Å². The summed E-state index contributed by atoms with van der Waals surface area (Å²) >= 11 is 0. The summed E-state index contributed by atoms with van der Waals surface area (Å²) in [5.41, 5.74) is 8.10. The highest BCUT2D eigenvalue weighted by Crippen LogP contribution is 2.26. The van der Waals surface area contributed by atoms with Gasteiger partial charge in [-0.2, -0.15) is 5.10 Å². The van der Waals surface area contributed by atoms with Gasteiger partial charge in [-0.25, -0.2) is 4.68 Å². The average Bonchev–Trinajstić information content (AvgIpc) is 3.00. The van der Waals surface area contributed by atoms with Crippen molar-refractivity contribution < 1.29 is 4.52 Å². The van der Waals surface area contributed by atoms with Gasteiger partial charge in [0.15, 0.2) is 0 Å². The summed E-state index contributed by atoms with van der Waals surface area (Å²) in [7, 11) is 0. The Balaban J connectivity index is 2.17. The summed E-state index contributed by atoms with van der Waals surface area (Å²) in [4.78, 5) is 0. The van der Waals surface area contributed by atoms with Crippen molar-refractivity contribution in [3.8, 4) is 16.9 Å². The minimum Gasteiger partial charge on any atom is -0.368 e. The highest BCUT2D eigenvalue weighted by molar-refractivity contribution is 5.70. The van der Waals surface area contributed by atoms with Crippen LogP contribution < -0.4 is 5.73 Å². The van der Waals surface area contributed by atoms with E-state index in [0.29, 0.717) is 11.6 Å². The van der Waals surface area contributed by atoms with E-state index in [1.807, 2.05) is 36.5 Å². The van der Waals surface area contributed by atoms with Gasteiger partial charge in [0, 0.05) is 24.0 Å². The largest absolute Gasteiger partial charge is 0.368 e. The molecule has 0 spiro atoms. The maximum atomic E-state index is 5.53. The fourth-order valence-corrected chi connectivity index (χ4v) is 1.72. The zero-order valence-electron chi connectivity index (χ0n) is 8.95. The Morgan fingerprint density at radius 1 is 1.18 bits per heavy atom. The molecule has 0 aliphatic heterocycles. The summed E-state index contributed by atoms with van der Waals surface area (Å²) in [6.07, 6.45) is 3.61. The Morgan fingerprint density at radius 2 is 2.06 bits per heavy atom. The third kappa shape index (κ3) is 1.67. The third-order valence-corrected chi connectivity index (χ3v) is 2.46. The topological polar surface area (TPSA) is 69.9 Å². The van der Waals surface area contributed by atoms with E-state index in [4.69, 9.17) is 10.3 Å². The summed E-state index contributed by atoms with van der Waals surface area (Å²) in [6, 6.07) is 11.4. The van der Waals surface area contributed by atoms with E-state index in [1.165, 1.54) is 0 Å². The lowest BCUT2D eigenvalue weighted by Gasteiger charge is -2.06. The van der Waals surface area contributed by atoms with Crippen molar-refractivity contribution in [3.05, 3.63) is 48.8 Å². The number of aromatic nitrogens is 3. The van der Waals surface area contributed by atoms with Crippen LogP contribution in [0.25, 0.3) is 16.9 Å². The monoisotopic (exact) mass is 226 g/mol. The second-order valence-corrected chi connectivity index (χ2v) is 3.58. The van der Waals surface area contributed by atoms with Gasteiger partial charge in [-0.05, 0) is 12.1 Å². The lowest BCUT2D eigenvalue weighted by molar-refractivity contribution is 0.439. The van der Waals surface area contributed by atoms with Crippen molar-refractivity contribution in [2.24, 2.45) is 0 Å². The molecule has 0 bridgehead atoms. The van der Waals surface area contributed by atoms with Gasteiger partial charge >= 0.3 is 0 Å². The molecule has 2 heterocycles. The summed E-state index contributed by atoms with van der Waals surface area (Å²) < 4.78 is 6.67. The van der Waals surface area contributed by atoms with Crippen LogP contribution in [-0.4, -0.2) is 14.9 Å². The molecule has 0 aliphatic rings. The Kier molecular flexibility index (Phi) is 2.15. The molecule has 0 aliphatic carbocycles. The lowest BCUT2D eigenvalue weighted by Crippen LogP contribution is -1.96. The van der Waals surface area contributed by atoms with E-state index in [9.17, 15) is 0 Å². The van der Waals surface area contributed by atoms with Crippen LogP contribution in [0.15, 0.2) is 53.3 Å². The molecule has 2 N–H and O–H groups in total. The standard InChI is InChI=1S/C12H10N4O/c13-12-8-10(15-17-12)9-4-1-2-5-11(9)16-7-3-6-14-16/h1-8H,13H2. The van der Waals surface area contributed by atoms with E-state index < -0.39 is 0 Å². The van der Waals surface area contributed by atoms with Crippen molar-refractivity contribution in [2.45, 2.75) is 0 Å². The molecule has 0 unspecified atom stereocenters. The number of anilines is 1. The van der Waals surface area contributed by atoms with E-state index in [0.717, 1.165) is 11.3 Å². The Labute approximate surface area is 97.5 Å². The predicted molar refractivity (Wildman–Crippen MR) is 63.5 cm³/mol. The Morgan fingerprint density at radius 3 is 2.76 bits per heavy atom. The quantitative estimate of drug-likeness (QED) is 0.726. The van der Waals surface area contributed by atoms with E-state index >= 15 is 0 Å². The molecular weight excluding hydrogens is 216 g/mol. The molecule has 0 saturated heterocycles. The van der Waals surface area contributed by atoms with Crippen LogP contribution in [0.4, 0.5) is 5.88 Å². The van der Waals surface area contributed by atoms with E-state index in [-0.39, 0.29) is 0 Å². The minimum absolute atomic E-state index is 0.301. The van der Waals surface area contributed by atoms with Crippen molar-refractivity contribution in [2.75, 3.05) is 5.73 Å². The number of hydrogen-bond acceptors (Lipinski definition) is 4. The number of rotatable bonds is 2. The second kappa shape index (κ2) is 3.79. The second-order valence-electron chi connectivity index (χ2n) is 3.58. The summed E-state index contributed by atoms with van der Waals surface area (Å²) in [5, 5.41) is 8.12. The third-order valence-electron chi connectivity index (χ3n) is 2.46. The molecule has 0 radical (unpaired) electrons. The number of nitrogens with zero attached hydrogens (tertiary/aromatic N) is 3. The molecule has 3 rings (SSSR count). The van der Waals surface area contributed by atoms with Crippen molar-refractivity contribution in [3.63, 3.8) is 0 Å². The smallest absolute Gasteiger partial charge is 0.222 e. The first-order valence-electron chi connectivity index (χ1n) is 5.16. The highest BCUT2D eigenvalue weighted by Gasteiger charge is 2.10. The van der Waals surface area contributed by atoms with Crippen LogP contribution in [0.1, 0.15) is 0 Å². The van der Waals surface area contributed by atoms with Crippen LogP contribution in [-0.2, 0) is 0 Å². The fraction of sp³-hybridized carbons (Fsp3) is 0. The number of hydrogen-bond donors (Lipinski definition) is 1. The van der Waals surface area contributed by atoms with Crippen LogP contribution in [0.5, 0.6) is 0 Å². The Hall–Kier alpha value is -2.56. The molecule has 0 fully saturated rings. The highest BCUT2D eigenvalue weighted by atomic mass is 16.5. The number of nitrogen functional groups attached to an aromatic ring is 1. The maximum Gasteiger partial charge on any atom is 0.222 e. The van der Waals surface area contributed by atoms with Gasteiger partial charge in [0.25, 0.3) is 0 Å². The van der Waals surface area contributed by atoms with Gasteiger partial charge < -0.3 is 10.3 Å². The zero-order chi connectivity index (χ0) is 11.7. The first kappa shape index (κ1) is 9.65. The van der Waals surface area contributed by atoms with E-state index in [2.05, 4.69) is 10.3 Å². The molecule has 5 heteroatoms. The van der Waals surface area contributed by atoms with Crippen molar-refractivity contribution in [1.82, 2.24) is 14.9 Å². The molecule has 0 atom stereocenters. The molecular formula is C12H10N4O. The van der Waals surface area contributed by atoms with Gasteiger partial charge in [0.05, 0.1) is 5.69 Å². The van der Waals surface area contributed by atoms with Crippen LogP contribution in [0, 0.1) is 0 Å². The Bertz CT molecular complexity index is 628. The van der Waals surface area contributed by atoms with Gasteiger partial charge in [-0.1, -0.05) is 23.4 Å². The number of para-hydroxylation sites is 1. The van der Waals surface area contributed by atoms with Crippen molar-refractivity contribution in [1.29, 1.82) is 0 Å². The minimum atomic E-state index is 0.301. The predicted octanol–water partition coefficient (Wildman–Crippen LogP) is 2.11. The summed E-state index contributed by atoms with van der Waals surface area (Å²) in [5.74, 6) is 0.301. The van der Waals surface area contributed by atoms with Gasteiger partial charge in [0.2, 0.25) is 5.88 Å². The normalized spacial score (nSPS) is 10.6. The summed E-state index contributed by atoms with van der Waals surface area (Å²) in [6.45, 7) is 0. The van der Waals surface area contributed by atoms with Crippen LogP contribution in [0.2, 0.25) is 0 Å². The van der Waals surface area contributed by atoms with Crippen LogP contribution >= 0.6 is 0 Å². The molecule has 3 aromatic rings. The fourth-order valence-electron chi connectivity index (χ4n) is 1.72. The first-order valence-corrected chi connectivity index (χ1v) is 5.16. The zero-order valence-corrected chi connectivity index (χ0v) is 8.95. The molecule has 17 heavy (non-hydrogen) atoms. The number of benzene rings is 1. The van der Waals surface area contributed by atoms with Gasteiger partial charge in [-0.15, -0.1) is 0 Å². The maximum absolute atomic E-state index is 5.53. The van der Waals surface area contributed by atoms with Crippen LogP contribution in [0.3, 0.4) is 0 Å². The van der Waals surface area contributed by atoms with Crippen molar-refractivity contribution >= 4 is 5.88 Å². The molecule has 0 amide bonds. The molecule has 2 aromatic heterocycles. The van der Waals surface area contributed by atoms with Gasteiger partial charge in [0.1, 0.15) is 5.69 Å². The first-order chi connectivity index (χ1) is 8.34. The average molecular weight is 226 g/mol. The van der Waals surface area contributed by atoms with E-state index in [1.54, 1.807) is 16.9 Å². The molecule has 84 valence electrons. The molecule has 0 saturated carbocycles. The SMILES string of the molecule is Nc1cc(-c2ccccc2-n2cccn2)no1. The molecule has 5 nitrogen and oxygen atoms in total. The number of nitrogens with two attached hydrogens (primary N) is 1. The lowest BCUT2D eigenvalue weighted by atomic mass is 10.1.